The van der Waals surface area contributed by atoms with Crippen molar-refractivity contribution in [2.45, 2.75) is 32.4 Å². The summed E-state index contributed by atoms with van der Waals surface area (Å²) in [7, 11) is 0. The van der Waals surface area contributed by atoms with Gasteiger partial charge < -0.3 is 10.2 Å². The molecule has 5 rings (SSSR count). The van der Waals surface area contributed by atoms with E-state index in [9.17, 15) is 9.59 Å². The Hall–Kier alpha value is -4.17. The molecule has 1 fully saturated rings. The molecule has 0 aliphatic carbocycles. The normalized spacial score (nSPS) is 14.5. The number of aromatic nitrogens is 3. The van der Waals surface area contributed by atoms with E-state index >= 15 is 0 Å². The fourth-order valence-electron chi connectivity index (χ4n) is 5.56. The predicted molar refractivity (Wildman–Crippen MR) is 154 cm³/mol. The lowest BCUT2D eigenvalue weighted by Crippen LogP contribution is -2.62. The van der Waals surface area contributed by atoms with Crippen LogP contribution in [0.3, 0.4) is 0 Å². The second-order valence-corrected chi connectivity index (χ2v) is 10.1. The number of hydrogen-bond donors (Lipinski definition) is 1. The van der Waals surface area contributed by atoms with Gasteiger partial charge in [-0.25, -0.2) is 14.0 Å². The van der Waals surface area contributed by atoms with E-state index in [1.165, 1.54) is 4.68 Å². The first-order valence-corrected chi connectivity index (χ1v) is 13.6. The van der Waals surface area contributed by atoms with Gasteiger partial charge in [0.15, 0.2) is 5.54 Å². The van der Waals surface area contributed by atoms with Crippen LogP contribution in [0.5, 0.6) is 0 Å². The first-order chi connectivity index (χ1) is 19.0. The molecule has 8 nitrogen and oxygen atoms in total. The maximum absolute atomic E-state index is 14.0. The van der Waals surface area contributed by atoms with Gasteiger partial charge in [-0.05, 0) is 56.2 Å². The van der Waals surface area contributed by atoms with Crippen molar-refractivity contribution in [3.05, 3.63) is 113 Å². The molecule has 8 heteroatoms. The summed E-state index contributed by atoms with van der Waals surface area (Å²) in [5, 5.41) is 7.36. The molecule has 39 heavy (non-hydrogen) atoms. The highest BCUT2D eigenvalue weighted by atomic mass is 16.2. The molecular formula is C31H36N6O2. The molecule has 0 unspecified atom stereocenters. The minimum absolute atomic E-state index is 0.00686. The Balaban J connectivity index is 1.41. The largest absolute Gasteiger partial charge is 0.369 e. The lowest BCUT2D eigenvalue weighted by Gasteiger charge is -2.47. The van der Waals surface area contributed by atoms with Crippen LogP contribution in [0.4, 0.5) is 5.69 Å². The van der Waals surface area contributed by atoms with Crippen LogP contribution in [0.25, 0.3) is 5.69 Å². The van der Waals surface area contributed by atoms with Gasteiger partial charge in [-0.1, -0.05) is 60.7 Å². The molecule has 0 saturated carbocycles. The van der Waals surface area contributed by atoms with E-state index in [4.69, 9.17) is 0 Å². The zero-order valence-corrected chi connectivity index (χ0v) is 22.8. The SMILES string of the molecule is CCNC(=O)C(c1ccccc1)(c1ccccc1)N1CCN(c2ccc(-n3cnn(C(C)C)c3=O)cc2)CC1. The average Bonchev–Trinajstić information content (AvgIpc) is 3.37. The molecule has 1 saturated heterocycles. The molecular weight excluding hydrogens is 488 g/mol. The fourth-order valence-corrected chi connectivity index (χ4v) is 5.56. The molecule has 2 heterocycles. The Bertz CT molecular complexity index is 1400. The molecule has 1 N–H and O–H groups in total. The van der Waals surface area contributed by atoms with E-state index in [1.54, 1.807) is 10.9 Å². The summed E-state index contributed by atoms with van der Waals surface area (Å²) in [5.74, 6) is -0.00686. The number of likely N-dealkylation sites (N-methyl/N-ethyl adjacent to an activating group) is 1. The summed E-state index contributed by atoms with van der Waals surface area (Å²) in [6.07, 6.45) is 1.57. The highest BCUT2D eigenvalue weighted by Gasteiger charge is 2.47. The minimum atomic E-state index is -0.924. The third kappa shape index (κ3) is 4.88. The number of nitrogens with one attached hydrogen (secondary N) is 1. The lowest BCUT2D eigenvalue weighted by atomic mass is 9.79. The molecule has 1 amide bonds. The van der Waals surface area contributed by atoms with Crippen molar-refractivity contribution < 1.29 is 4.79 Å². The van der Waals surface area contributed by atoms with Gasteiger partial charge in [-0.2, -0.15) is 5.10 Å². The van der Waals surface area contributed by atoms with Gasteiger partial charge in [0.25, 0.3) is 0 Å². The monoisotopic (exact) mass is 524 g/mol. The summed E-state index contributed by atoms with van der Waals surface area (Å²) in [5.41, 5.74) is 2.74. The number of amides is 1. The number of nitrogens with zero attached hydrogens (tertiary/aromatic N) is 5. The van der Waals surface area contributed by atoms with Crippen LogP contribution in [-0.4, -0.2) is 57.9 Å². The van der Waals surface area contributed by atoms with E-state index in [-0.39, 0.29) is 17.6 Å². The van der Waals surface area contributed by atoms with E-state index in [1.807, 2.05) is 69.3 Å². The van der Waals surface area contributed by atoms with E-state index in [0.717, 1.165) is 35.6 Å². The zero-order chi connectivity index (χ0) is 27.4. The molecule has 0 atom stereocenters. The molecule has 3 aromatic carbocycles. The highest BCUT2D eigenvalue weighted by molar-refractivity contribution is 5.91. The van der Waals surface area contributed by atoms with Crippen LogP contribution >= 0.6 is 0 Å². The lowest BCUT2D eigenvalue weighted by molar-refractivity contribution is -0.132. The molecule has 1 aliphatic rings. The van der Waals surface area contributed by atoms with E-state index < -0.39 is 5.54 Å². The maximum atomic E-state index is 14.0. The summed E-state index contributed by atoms with van der Waals surface area (Å²) in [6, 6.07) is 28.2. The highest BCUT2D eigenvalue weighted by Crippen LogP contribution is 2.37. The predicted octanol–water partition coefficient (Wildman–Crippen LogP) is 3.82. The molecule has 1 aromatic heterocycles. The van der Waals surface area contributed by atoms with Crippen LogP contribution in [0, 0.1) is 0 Å². The Morgan fingerprint density at radius 3 is 1.87 bits per heavy atom. The molecule has 0 spiro atoms. The average molecular weight is 525 g/mol. The Morgan fingerprint density at radius 2 is 1.38 bits per heavy atom. The number of anilines is 1. The number of piperazine rings is 1. The molecule has 4 aromatic rings. The summed E-state index contributed by atoms with van der Waals surface area (Å²) >= 11 is 0. The van der Waals surface area contributed by atoms with Crippen molar-refractivity contribution in [1.82, 2.24) is 24.6 Å². The van der Waals surface area contributed by atoms with Crippen LogP contribution in [0.1, 0.15) is 37.9 Å². The summed E-state index contributed by atoms with van der Waals surface area (Å²) in [4.78, 5) is 31.3. The minimum Gasteiger partial charge on any atom is -0.369 e. The van der Waals surface area contributed by atoms with Crippen molar-refractivity contribution in [2.24, 2.45) is 0 Å². The van der Waals surface area contributed by atoms with E-state index in [0.29, 0.717) is 19.6 Å². The quantitative estimate of drug-likeness (QED) is 0.379. The van der Waals surface area contributed by atoms with Crippen LogP contribution in [0.2, 0.25) is 0 Å². The van der Waals surface area contributed by atoms with Gasteiger partial charge in [0.2, 0.25) is 5.91 Å². The first kappa shape index (κ1) is 26.4. The molecule has 0 radical (unpaired) electrons. The van der Waals surface area contributed by atoms with Crippen LogP contribution < -0.4 is 15.9 Å². The zero-order valence-electron chi connectivity index (χ0n) is 22.8. The Morgan fingerprint density at radius 1 is 0.846 bits per heavy atom. The van der Waals surface area contributed by atoms with Gasteiger partial charge in [0.05, 0.1) is 11.7 Å². The fraction of sp³-hybridized carbons (Fsp3) is 0.323. The summed E-state index contributed by atoms with van der Waals surface area (Å²) in [6.45, 7) is 9.37. The first-order valence-electron chi connectivity index (χ1n) is 13.6. The molecule has 202 valence electrons. The van der Waals surface area contributed by atoms with Crippen LogP contribution in [-0.2, 0) is 10.3 Å². The second kappa shape index (κ2) is 11.3. The van der Waals surface area contributed by atoms with Crippen molar-refractivity contribution in [1.29, 1.82) is 0 Å². The van der Waals surface area contributed by atoms with Crippen molar-refractivity contribution >= 4 is 11.6 Å². The van der Waals surface area contributed by atoms with Gasteiger partial charge in [-0.3, -0.25) is 9.69 Å². The van der Waals surface area contributed by atoms with Crippen molar-refractivity contribution in [3.8, 4) is 5.69 Å². The topological polar surface area (TPSA) is 75.4 Å². The van der Waals surface area contributed by atoms with Gasteiger partial charge in [-0.15, -0.1) is 0 Å². The maximum Gasteiger partial charge on any atom is 0.350 e. The molecule has 0 bridgehead atoms. The van der Waals surface area contributed by atoms with Gasteiger partial charge in [0.1, 0.15) is 6.33 Å². The standard InChI is InChI=1S/C31H36N6O2/c1-4-32-29(38)31(25-11-7-5-8-12-25,26-13-9-6-10-14-26)35-21-19-34(20-22-35)27-15-17-28(18-16-27)36-23-33-37(24(2)3)30(36)39/h5-18,23-24H,4,19-22H2,1-3H3,(H,32,38). The third-order valence-corrected chi connectivity index (χ3v) is 7.48. The van der Waals surface area contributed by atoms with Crippen molar-refractivity contribution in [3.63, 3.8) is 0 Å². The number of carbonyl (C=O) groups is 1. The third-order valence-electron chi connectivity index (χ3n) is 7.48. The van der Waals surface area contributed by atoms with Crippen molar-refractivity contribution in [2.75, 3.05) is 37.6 Å². The van der Waals surface area contributed by atoms with E-state index in [2.05, 4.69) is 56.6 Å². The molecule has 1 aliphatic heterocycles. The Kier molecular flexibility index (Phi) is 7.65. The Labute approximate surface area is 229 Å². The van der Waals surface area contributed by atoms with Gasteiger partial charge in [0, 0.05) is 38.4 Å². The summed E-state index contributed by atoms with van der Waals surface area (Å²) < 4.78 is 3.05. The smallest absolute Gasteiger partial charge is 0.350 e. The van der Waals surface area contributed by atoms with Crippen LogP contribution in [0.15, 0.2) is 96.1 Å². The number of benzene rings is 3. The second-order valence-electron chi connectivity index (χ2n) is 10.1. The van der Waals surface area contributed by atoms with Gasteiger partial charge >= 0.3 is 5.69 Å². The number of hydrogen-bond acceptors (Lipinski definition) is 5. The number of rotatable bonds is 8. The number of carbonyl (C=O) groups excluding carboxylic acids is 1.